The van der Waals surface area contributed by atoms with Crippen LogP contribution in [-0.4, -0.2) is 18.7 Å². The number of benzene rings is 1. The van der Waals surface area contributed by atoms with E-state index in [1.165, 1.54) is 11.1 Å². The van der Waals surface area contributed by atoms with Gasteiger partial charge in [0.15, 0.2) is 6.10 Å². The highest BCUT2D eigenvalue weighted by molar-refractivity contribution is 5.74. The predicted octanol–water partition coefficient (Wildman–Crippen LogP) is 1.96. The van der Waals surface area contributed by atoms with Gasteiger partial charge >= 0.3 is 5.97 Å². The van der Waals surface area contributed by atoms with E-state index in [9.17, 15) is 4.79 Å². The number of hydrogen-bond donors (Lipinski definition) is 1. The third-order valence-corrected chi connectivity index (χ3v) is 3.17. The molecule has 1 aliphatic carbocycles. The summed E-state index contributed by atoms with van der Waals surface area (Å²) in [7, 11) is 0. The SMILES string of the molecule is CCOC(=O)C(C)Oc1ccc2c(c1)CC[C@@H]2N. The Morgan fingerprint density at radius 2 is 2.33 bits per heavy atom. The van der Waals surface area contributed by atoms with Crippen molar-refractivity contribution in [2.75, 3.05) is 6.61 Å². The van der Waals surface area contributed by atoms with Crippen LogP contribution in [0.2, 0.25) is 0 Å². The van der Waals surface area contributed by atoms with Crippen molar-refractivity contribution in [2.24, 2.45) is 5.73 Å². The molecule has 4 nitrogen and oxygen atoms in total. The topological polar surface area (TPSA) is 61.5 Å². The lowest BCUT2D eigenvalue weighted by atomic mass is 10.1. The Labute approximate surface area is 107 Å². The third kappa shape index (κ3) is 2.64. The average Bonchev–Trinajstić information content (AvgIpc) is 2.71. The molecule has 0 aromatic heterocycles. The van der Waals surface area contributed by atoms with Gasteiger partial charge in [-0.05, 0) is 49.9 Å². The van der Waals surface area contributed by atoms with Gasteiger partial charge in [0.25, 0.3) is 0 Å². The van der Waals surface area contributed by atoms with E-state index in [0.29, 0.717) is 12.4 Å². The second kappa shape index (κ2) is 5.40. The third-order valence-electron chi connectivity index (χ3n) is 3.17. The second-order valence-electron chi connectivity index (χ2n) is 4.52. The summed E-state index contributed by atoms with van der Waals surface area (Å²) in [5.41, 5.74) is 8.38. The first-order valence-electron chi connectivity index (χ1n) is 6.33. The van der Waals surface area contributed by atoms with Crippen LogP contribution in [0.5, 0.6) is 5.75 Å². The van der Waals surface area contributed by atoms with Crippen LogP contribution >= 0.6 is 0 Å². The highest BCUT2D eigenvalue weighted by atomic mass is 16.6. The maximum atomic E-state index is 11.5. The van der Waals surface area contributed by atoms with Crippen molar-refractivity contribution in [3.05, 3.63) is 29.3 Å². The minimum atomic E-state index is -0.585. The molecule has 0 heterocycles. The van der Waals surface area contributed by atoms with Gasteiger partial charge < -0.3 is 15.2 Å². The molecule has 1 aromatic rings. The summed E-state index contributed by atoms with van der Waals surface area (Å²) >= 11 is 0. The van der Waals surface area contributed by atoms with Crippen LogP contribution in [0.1, 0.15) is 37.4 Å². The van der Waals surface area contributed by atoms with E-state index in [4.69, 9.17) is 15.2 Å². The molecule has 0 spiro atoms. The monoisotopic (exact) mass is 249 g/mol. The van der Waals surface area contributed by atoms with Gasteiger partial charge in [-0.15, -0.1) is 0 Å². The van der Waals surface area contributed by atoms with E-state index in [2.05, 4.69) is 0 Å². The molecule has 0 radical (unpaired) electrons. The Morgan fingerprint density at radius 1 is 1.56 bits per heavy atom. The largest absolute Gasteiger partial charge is 0.479 e. The van der Waals surface area contributed by atoms with Gasteiger partial charge in [-0.1, -0.05) is 6.07 Å². The molecule has 0 aliphatic heterocycles. The minimum Gasteiger partial charge on any atom is -0.479 e. The lowest BCUT2D eigenvalue weighted by Crippen LogP contribution is -2.26. The molecule has 2 N–H and O–H groups in total. The van der Waals surface area contributed by atoms with Gasteiger partial charge in [0.1, 0.15) is 5.75 Å². The number of aryl methyl sites for hydroxylation is 1. The summed E-state index contributed by atoms with van der Waals surface area (Å²) < 4.78 is 10.5. The molecular weight excluding hydrogens is 230 g/mol. The van der Waals surface area contributed by atoms with Gasteiger partial charge in [0, 0.05) is 6.04 Å². The quantitative estimate of drug-likeness (QED) is 0.829. The number of carbonyl (C=O) groups excluding carboxylic acids is 1. The normalized spacial score (nSPS) is 19.2. The lowest BCUT2D eigenvalue weighted by Gasteiger charge is -2.14. The summed E-state index contributed by atoms with van der Waals surface area (Å²) in [5.74, 6) is 0.359. The van der Waals surface area contributed by atoms with Crippen molar-refractivity contribution in [3.63, 3.8) is 0 Å². The molecule has 1 unspecified atom stereocenters. The maximum Gasteiger partial charge on any atom is 0.347 e. The summed E-state index contributed by atoms with van der Waals surface area (Å²) in [4.78, 5) is 11.5. The Morgan fingerprint density at radius 3 is 3.06 bits per heavy atom. The Bertz CT molecular complexity index is 445. The maximum absolute atomic E-state index is 11.5. The first-order valence-corrected chi connectivity index (χ1v) is 6.33. The van der Waals surface area contributed by atoms with Crippen LogP contribution < -0.4 is 10.5 Å². The lowest BCUT2D eigenvalue weighted by molar-refractivity contribution is -0.150. The molecule has 0 saturated heterocycles. The van der Waals surface area contributed by atoms with Crippen LogP contribution in [0, 0.1) is 0 Å². The molecule has 1 aromatic carbocycles. The molecule has 2 atom stereocenters. The zero-order valence-corrected chi connectivity index (χ0v) is 10.8. The molecule has 1 aliphatic rings. The number of rotatable bonds is 4. The van der Waals surface area contributed by atoms with Gasteiger partial charge in [-0.25, -0.2) is 4.79 Å². The number of nitrogens with two attached hydrogens (primary N) is 1. The Balaban J connectivity index is 2.05. The van der Waals surface area contributed by atoms with E-state index >= 15 is 0 Å². The van der Waals surface area contributed by atoms with Crippen molar-refractivity contribution < 1.29 is 14.3 Å². The summed E-state index contributed by atoms with van der Waals surface area (Å²) in [5, 5.41) is 0. The smallest absolute Gasteiger partial charge is 0.347 e. The predicted molar refractivity (Wildman–Crippen MR) is 68.4 cm³/mol. The number of fused-ring (bicyclic) bond motifs is 1. The second-order valence-corrected chi connectivity index (χ2v) is 4.52. The van der Waals surface area contributed by atoms with Gasteiger partial charge in [0.05, 0.1) is 6.61 Å². The first-order chi connectivity index (χ1) is 8.61. The van der Waals surface area contributed by atoms with Crippen molar-refractivity contribution in [1.82, 2.24) is 0 Å². The van der Waals surface area contributed by atoms with Crippen LogP contribution in [0.15, 0.2) is 18.2 Å². The molecule has 0 fully saturated rings. The fourth-order valence-corrected chi connectivity index (χ4v) is 2.21. The van der Waals surface area contributed by atoms with Crippen molar-refractivity contribution >= 4 is 5.97 Å². The van der Waals surface area contributed by atoms with Crippen molar-refractivity contribution in [2.45, 2.75) is 38.8 Å². The van der Waals surface area contributed by atoms with Crippen molar-refractivity contribution in [1.29, 1.82) is 0 Å². The van der Waals surface area contributed by atoms with E-state index in [0.717, 1.165) is 12.8 Å². The fraction of sp³-hybridized carbons (Fsp3) is 0.500. The highest BCUT2D eigenvalue weighted by Gasteiger charge is 2.21. The molecule has 4 heteroatoms. The molecule has 0 saturated carbocycles. The fourth-order valence-electron chi connectivity index (χ4n) is 2.21. The standard InChI is InChI=1S/C14H19NO3/c1-3-17-14(16)9(2)18-11-5-6-12-10(8-11)4-7-13(12)15/h5-6,8-9,13H,3-4,7,15H2,1-2H3/t9?,13-/m0/s1. The summed E-state index contributed by atoms with van der Waals surface area (Å²) in [6, 6.07) is 5.95. The number of esters is 1. The summed E-state index contributed by atoms with van der Waals surface area (Å²) in [6.07, 6.45) is 1.37. The van der Waals surface area contributed by atoms with Crippen molar-refractivity contribution in [3.8, 4) is 5.75 Å². The molecule has 98 valence electrons. The molecule has 2 rings (SSSR count). The zero-order chi connectivity index (χ0) is 13.1. The van der Waals surface area contributed by atoms with Crippen LogP contribution in [0.25, 0.3) is 0 Å². The van der Waals surface area contributed by atoms with Gasteiger partial charge in [-0.3, -0.25) is 0 Å². The highest BCUT2D eigenvalue weighted by Crippen LogP contribution is 2.32. The number of hydrogen-bond acceptors (Lipinski definition) is 4. The molecular formula is C14H19NO3. The van der Waals surface area contributed by atoms with Crippen LogP contribution in [0.3, 0.4) is 0 Å². The zero-order valence-electron chi connectivity index (χ0n) is 10.8. The van der Waals surface area contributed by atoms with E-state index in [-0.39, 0.29) is 12.0 Å². The average molecular weight is 249 g/mol. The molecule has 18 heavy (non-hydrogen) atoms. The summed E-state index contributed by atoms with van der Waals surface area (Å²) in [6.45, 7) is 3.84. The van der Waals surface area contributed by atoms with Gasteiger partial charge in [-0.2, -0.15) is 0 Å². The van der Waals surface area contributed by atoms with E-state index < -0.39 is 6.10 Å². The van der Waals surface area contributed by atoms with Crippen LogP contribution in [0.4, 0.5) is 0 Å². The minimum absolute atomic E-state index is 0.136. The number of carbonyl (C=O) groups is 1. The number of ether oxygens (including phenoxy) is 2. The Kier molecular flexibility index (Phi) is 3.87. The van der Waals surface area contributed by atoms with E-state index in [1.54, 1.807) is 13.8 Å². The molecule has 0 bridgehead atoms. The van der Waals surface area contributed by atoms with Crippen LogP contribution in [-0.2, 0) is 16.0 Å². The molecule has 0 amide bonds. The Hall–Kier alpha value is -1.55. The van der Waals surface area contributed by atoms with Gasteiger partial charge in [0.2, 0.25) is 0 Å². The van der Waals surface area contributed by atoms with E-state index in [1.807, 2.05) is 18.2 Å². The first kappa shape index (κ1) is 12.9.